The standard InChI is InChI=1S/C8H11ClN4O/c1-4-2-3-14-5(4)6-11-7(9)13-8(10)12-6/h4-5H,2-3H2,1H3,(H2,10,11,12,13). The number of aromatic nitrogens is 3. The summed E-state index contributed by atoms with van der Waals surface area (Å²) >= 11 is 5.68. The quantitative estimate of drug-likeness (QED) is 0.761. The lowest BCUT2D eigenvalue weighted by atomic mass is 10.0. The third-order valence-electron chi connectivity index (χ3n) is 2.28. The van der Waals surface area contributed by atoms with Gasteiger partial charge >= 0.3 is 0 Å². The number of hydrogen-bond acceptors (Lipinski definition) is 5. The van der Waals surface area contributed by atoms with E-state index < -0.39 is 0 Å². The highest BCUT2D eigenvalue weighted by Gasteiger charge is 2.28. The van der Waals surface area contributed by atoms with E-state index in [0.717, 1.165) is 13.0 Å². The van der Waals surface area contributed by atoms with Crippen LogP contribution in [0, 0.1) is 5.92 Å². The molecular formula is C8H11ClN4O. The molecule has 1 aliphatic heterocycles. The molecule has 2 unspecified atom stereocenters. The van der Waals surface area contributed by atoms with Crippen LogP contribution in [-0.4, -0.2) is 21.6 Å². The molecule has 0 spiro atoms. The average molecular weight is 215 g/mol. The van der Waals surface area contributed by atoms with Crippen molar-refractivity contribution in [3.05, 3.63) is 11.1 Å². The molecule has 6 heteroatoms. The van der Waals surface area contributed by atoms with Crippen molar-refractivity contribution in [3.8, 4) is 0 Å². The summed E-state index contributed by atoms with van der Waals surface area (Å²) in [4.78, 5) is 11.7. The predicted molar refractivity (Wildman–Crippen MR) is 51.7 cm³/mol. The number of nitrogens with two attached hydrogens (primary N) is 1. The summed E-state index contributed by atoms with van der Waals surface area (Å²) in [5, 5.41) is 0.121. The van der Waals surface area contributed by atoms with E-state index in [1.165, 1.54) is 0 Å². The van der Waals surface area contributed by atoms with Gasteiger partial charge in [0.15, 0.2) is 5.82 Å². The fourth-order valence-electron chi connectivity index (χ4n) is 1.53. The first-order valence-electron chi connectivity index (χ1n) is 4.45. The Bertz CT molecular complexity index is 326. The first kappa shape index (κ1) is 9.61. The number of rotatable bonds is 1. The van der Waals surface area contributed by atoms with E-state index in [2.05, 4.69) is 21.9 Å². The number of halogens is 1. The molecule has 1 aliphatic rings. The van der Waals surface area contributed by atoms with Crippen LogP contribution in [0.5, 0.6) is 0 Å². The van der Waals surface area contributed by atoms with E-state index in [-0.39, 0.29) is 17.3 Å². The highest BCUT2D eigenvalue weighted by molar-refractivity contribution is 6.28. The monoisotopic (exact) mass is 214 g/mol. The molecule has 2 heterocycles. The van der Waals surface area contributed by atoms with E-state index >= 15 is 0 Å². The van der Waals surface area contributed by atoms with Crippen LogP contribution in [0.4, 0.5) is 5.95 Å². The van der Waals surface area contributed by atoms with Crippen LogP contribution >= 0.6 is 11.6 Å². The molecular weight excluding hydrogens is 204 g/mol. The van der Waals surface area contributed by atoms with Gasteiger partial charge in [0.1, 0.15) is 6.10 Å². The molecule has 1 aromatic heterocycles. The Morgan fingerprint density at radius 3 is 2.79 bits per heavy atom. The molecule has 14 heavy (non-hydrogen) atoms. The third kappa shape index (κ3) is 1.78. The highest BCUT2D eigenvalue weighted by atomic mass is 35.5. The van der Waals surface area contributed by atoms with Gasteiger partial charge in [0.05, 0.1) is 0 Å². The van der Waals surface area contributed by atoms with E-state index in [0.29, 0.717) is 11.7 Å². The van der Waals surface area contributed by atoms with Crippen LogP contribution in [0.3, 0.4) is 0 Å². The number of anilines is 1. The summed E-state index contributed by atoms with van der Waals surface area (Å²) in [7, 11) is 0. The van der Waals surface area contributed by atoms with Crippen molar-refractivity contribution in [3.63, 3.8) is 0 Å². The van der Waals surface area contributed by atoms with Crippen molar-refractivity contribution >= 4 is 17.5 Å². The van der Waals surface area contributed by atoms with Crippen molar-refractivity contribution in [2.45, 2.75) is 19.4 Å². The normalized spacial score (nSPS) is 26.7. The molecule has 0 radical (unpaired) electrons. The van der Waals surface area contributed by atoms with Crippen LogP contribution in [-0.2, 0) is 4.74 Å². The van der Waals surface area contributed by atoms with Crippen LogP contribution in [0.15, 0.2) is 0 Å². The Morgan fingerprint density at radius 2 is 2.21 bits per heavy atom. The minimum absolute atomic E-state index is 0.0993. The van der Waals surface area contributed by atoms with E-state index in [4.69, 9.17) is 22.1 Å². The van der Waals surface area contributed by atoms with Crippen LogP contribution in [0.25, 0.3) is 0 Å². The second kappa shape index (κ2) is 3.67. The van der Waals surface area contributed by atoms with Crippen LogP contribution in [0.2, 0.25) is 5.28 Å². The van der Waals surface area contributed by atoms with Gasteiger partial charge in [-0.2, -0.15) is 15.0 Å². The SMILES string of the molecule is CC1CCOC1c1nc(N)nc(Cl)n1. The predicted octanol–water partition coefficient (Wildman–Crippen LogP) is 1.20. The summed E-state index contributed by atoms with van der Waals surface area (Å²) in [5.41, 5.74) is 5.47. The second-order valence-corrected chi connectivity index (χ2v) is 3.72. The first-order valence-corrected chi connectivity index (χ1v) is 4.83. The molecule has 0 bridgehead atoms. The smallest absolute Gasteiger partial charge is 0.227 e. The van der Waals surface area contributed by atoms with Gasteiger partial charge in [0.25, 0.3) is 0 Å². The van der Waals surface area contributed by atoms with Gasteiger partial charge in [-0.25, -0.2) is 0 Å². The van der Waals surface area contributed by atoms with Gasteiger partial charge in [-0.3, -0.25) is 0 Å². The Balaban J connectivity index is 2.31. The summed E-state index contributed by atoms with van der Waals surface area (Å²) in [6.07, 6.45) is 0.909. The number of hydrogen-bond donors (Lipinski definition) is 1. The van der Waals surface area contributed by atoms with E-state index in [1.807, 2.05) is 0 Å². The molecule has 0 amide bonds. The maximum absolute atomic E-state index is 5.68. The molecule has 0 saturated carbocycles. The molecule has 0 aromatic carbocycles. The molecule has 76 valence electrons. The molecule has 1 fully saturated rings. The molecule has 1 saturated heterocycles. The minimum atomic E-state index is -0.0993. The summed E-state index contributed by atoms with van der Waals surface area (Å²) < 4.78 is 5.49. The summed E-state index contributed by atoms with van der Waals surface area (Å²) in [5.74, 6) is 1.07. The van der Waals surface area contributed by atoms with Crippen molar-refractivity contribution in [2.24, 2.45) is 5.92 Å². The molecule has 2 N–H and O–H groups in total. The molecule has 0 aliphatic carbocycles. The highest BCUT2D eigenvalue weighted by Crippen LogP contribution is 2.32. The molecule has 2 rings (SSSR count). The van der Waals surface area contributed by atoms with Crippen molar-refractivity contribution in [1.82, 2.24) is 15.0 Å². The maximum atomic E-state index is 5.68. The lowest BCUT2D eigenvalue weighted by Crippen LogP contribution is -2.11. The Hall–Kier alpha value is -0.940. The topological polar surface area (TPSA) is 73.9 Å². The lowest BCUT2D eigenvalue weighted by molar-refractivity contribution is 0.0872. The second-order valence-electron chi connectivity index (χ2n) is 3.38. The zero-order valence-electron chi connectivity index (χ0n) is 7.77. The van der Waals surface area contributed by atoms with Gasteiger partial charge in [-0.1, -0.05) is 6.92 Å². The summed E-state index contributed by atoms with van der Waals surface area (Å²) in [6.45, 7) is 2.82. The van der Waals surface area contributed by atoms with Gasteiger partial charge in [0.2, 0.25) is 11.2 Å². The fraction of sp³-hybridized carbons (Fsp3) is 0.625. The number of nitrogens with zero attached hydrogens (tertiary/aromatic N) is 3. The Kier molecular flexibility index (Phi) is 2.52. The van der Waals surface area contributed by atoms with Gasteiger partial charge in [-0.15, -0.1) is 0 Å². The van der Waals surface area contributed by atoms with Gasteiger partial charge in [-0.05, 0) is 23.9 Å². The van der Waals surface area contributed by atoms with Crippen LogP contribution in [0.1, 0.15) is 25.3 Å². The number of ether oxygens (including phenoxy) is 1. The number of nitrogen functional groups attached to an aromatic ring is 1. The first-order chi connectivity index (χ1) is 6.66. The molecule has 1 aromatic rings. The zero-order valence-corrected chi connectivity index (χ0v) is 8.53. The average Bonchev–Trinajstić information content (AvgIpc) is 2.49. The van der Waals surface area contributed by atoms with Crippen molar-refractivity contribution in [2.75, 3.05) is 12.3 Å². The van der Waals surface area contributed by atoms with Gasteiger partial charge in [0, 0.05) is 6.61 Å². The molecule has 2 atom stereocenters. The largest absolute Gasteiger partial charge is 0.370 e. The minimum Gasteiger partial charge on any atom is -0.370 e. The van der Waals surface area contributed by atoms with E-state index in [9.17, 15) is 0 Å². The Labute approximate surface area is 86.7 Å². The summed E-state index contributed by atoms with van der Waals surface area (Å²) in [6, 6.07) is 0. The fourth-order valence-corrected chi connectivity index (χ4v) is 1.71. The maximum Gasteiger partial charge on any atom is 0.227 e. The third-order valence-corrected chi connectivity index (χ3v) is 2.45. The van der Waals surface area contributed by atoms with Gasteiger partial charge < -0.3 is 10.5 Å². The lowest BCUT2D eigenvalue weighted by Gasteiger charge is -2.12. The zero-order chi connectivity index (χ0) is 10.1. The van der Waals surface area contributed by atoms with Crippen LogP contribution < -0.4 is 5.73 Å². The van der Waals surface area contributed by atoms with Crippen molar-refractivity contribution < 1.29 is 4.74 Å². The van der Waals surface area contributed by atoms with E-state index in [1.54, 1.807) is 0 Å². The Morgan fingerprint density at radius 1 is 1.43 bits per heavy atom. The van der Waals surface area contributed by atoms with Crippen molar-refractivity contribution in [1.29, 1.82) is 0 Å². The molecule has 5 nitrogen and oxygen atoms in total.